The average Bonchev–Trinajstić information content (AvgIpc) is 2.63. The van der Waals surface area contributed by atoms with Crippen molar-refractivity contribution in [2.75, 3.05) is 6.54 Å². The molecule has 0 radical (unpaired) electrons. The number of rotatable bonds is 7. The highest BCUT2D eigenvalue weighted by molar-refractivity contribution is 5.27. The normalized spacial score (nSPS) is 12.4. The van der Waals surface area contributed by atoms with E-state index in [9.17, 15) is 0 Å². The minimum absolute atomic E-state index is 0.358. The molecule has 18 heavy (non-hydrogen) atoms. The van der Waals surface area contributed by atoms with Crippen molar-refractivity contribution in [2.24, 2.45) is 0 Å². The van der Waals surface area contributed by atoms with E-state index >= 15 is 0 Å². The molecule has 0 saturated carbocycles. The number of hydrogen-bond acceptors (Lipinski definition) is 2. The van der Waals surface area contributed by atoms with Gasteiger partial charge in [0.1, 0.15) is 0 Å². The number of nitrogens with zero attached hydrogens (tertiary/aromatic N) is 2. The molecule has 3 nitrogen and oxygen atoms in total. The van der Waals surface area contributed by atoms with Crippen molar-refractivity contribution in [3.63, 3.8) is 0 Å². The third-order valence-electron chi connectivity index (χ3n) is 3.37. The molecule has 1 rings (SSSR count). The summed E-state index contributed by atoms with van der Waals surface area (Å²) in [6.45, 7) is 10.5. The van der Waals surface area contributed by atoms with Crippen LogP contribution >= 0.6 is 0 Å². The Bertz CT molecular complexity index is 412. The minimum atomic E-state index is 0.358. The van der Waals surface area contributed by atoms with Crippen LogP contribution in [0.15, 0.2) is 0 Å². The van der Waals surface area contributed by atoms with E-state index in [0.717, 1.165) is 38.0 Å². The lowest BCUT2D eigenvalue weighted by Gasteiger charge is -2.14. The first-order valence-corrected chi connectivity index (χ1v) is 6.82. The van der Waals surface area contributed by atoms with Crippen LogP contribution < -0.4 is 5.32 Å². The smallest absolute Gasteiger partial charge is 0.0644 e. The highest BCUT2D eigenvalue weighted by Gasteiger charge is 2.16. The fraction of sp³-hybridized carbons (Fsp3) is 0.667. The van der Waals surface area contributed by atoms with Crippen LogP contribution in [0.25, 0.3) is 0 Å². The third-order valence-corrected chi connectivity index (χ3v) is 3.37. The Hall–Kier alpha value is -1.27. The summed E-state index contributed by atoms with van der Waals surface area (Å²) in [4.78, 5) is 0. The zero-order valence-electron chi connectivity index (χ0n) is 12.1. The zero-order valence-corrected chi connectivity index (χ0v) is 12.1. The Balaban J connectivity index is 2.54. The number of aryl methyl sites for hydroxylation is 2. The van der Waals surface area contributed by atoms with Crippen LogP contribution in [0.3, 0.4) is 0 Å². The molecule has 1 N–H and O–H groups in total. The summed E-state index contributed by atoms with van der Waals surface area (Å²) in [6.07, 6.45) is 8.35. The van der Waals surface area contributed by atoms with Crippen LogP contribution in [0, 0.1) is 26.2 Å². The van der Waals surface area contributed by atoms with E-state index < -0.39 is 0 Å². The molecule has 1 aromatic rings. The lowest BCUT2D eigenvalue weighted by molar-refractivity contribution is 0.544. The van der Waals surface area contributed by atoms with Gasteiger partial charge in [0.25, 0.3) is 0 Å². The van der Waals surface area contributed by atoms with Crippen LogP contribution in [0.4, 0.5) is 0 Å². The monoisotopic (exact) mass is 247 g/mol. The van der Waals surface area contributed by atoms with E-state index in [4.69, 9.17) is 6.42 Å². The van der Waals surface area contributed by atoms with Gasteiger partial charge in [-0.15, -0.1) is 12.3 Å². The summed E-state index contributed by atoms with van der Waals surface area (Å²) in [5.41, 5.74) is 3.75. The predicted octanol–water partition coefficient (Wildman–Crippen LogP) is 2.97. The van der Waals surface area contributed by atoms with Gasteiger partial charge in [-0.25, -0.2) is 0 Å². The summed E-state index contributed by atoms with van der Waals surface area (Å²) in [7, 11) is 0. The van der Waals surface area contributed by atoms with E-state index in [1.165, 1.54) is 11.3 Å². The average molecular weight is 247 g/mol. The largest absolute Gasteiger partial charge is 0.310 e. The number of hydrogen-bond donors (Lipinski definition) is 1. The molecule has 0 aliphatic heterocycles. The van der Waals surface area contributed by atoms with E-state index in [2.05, 4.69) is 48.7 Å². The Labute approximate surface area is 111 Å². The van der Waals surface area contributed by atoms with Gasteiger partial charge in [-0.05, 0) is 47.1 Å². The molecule has 0 spiro atoms. The van der Waals surface area contributed by atoms with Crippen molar-refractivity contribution >= 4 is 0 Å². The van der Waals surface area contributed by atoms with Crippen LogP contribution in [-0.4, -0.2) is 16.3 Å². The van der Waals surface area contributed by atoms with Crippen LogP contribution in [0.5, 0.6) is 0 Å². The van der Waals surface area contributed by atoms with Gasteiger partial charge >= 0.3 is 0 Å². The molecule has 0 bridgehead atoms. The van der Waals surface area contributed by atoms with Crippen molar-refractivity contribution in [2.45, 2.75) is 59.5 Å². The molecule has 1 unspecified atom stereocenters. The Morgan fingerprint density at radius 3 is 2.67 bits per heavy atom. The first kappa shape index (κ1) is 14.8. The molecule has 100 valence electrons. The zero-order chi connectivity index (χ0) is 13.5. The fourth-order valence-electron chi connectivity index (χ4n) is 2.42. The highest BCUT2D eigenvalue weighted by Crippen LogP contribution is 2.21. The minimum Gasteiger partial charge on any atom is -0.310 e. The van der Waals surface area contributed by atoms with Crippen LogP contribution in [0.2, 0.25) is 0 Å². The molecular weight excluding hydrogens is 222 g/mol. The van der Waals surface area contributed by atoms with Gasteiger partial charge in [-0.2, -0.15) is 5.10 Å². The van der Waals surface area contributed by atoms with Crippen LogP contribution in [0.1, 0.15) is 56.1 Å². The summed E-state index contributed by atoms with van der Waals surface area (Å²) < 4.78 is 2.07. The van der Waals surface area contributed by atoms with Gasteiger partial charge < -0.3 is 5.32 Å². The number of terminal acetylenes is 1. The molecule has 1 atom stereocenters. The molecule has 0 aromatic carbocycles. The maximum absolute atomic E-state index is 5.24. The van der Waals surface area contributed by atoms with E-state index in [1.54, 1.807) is 0 Å². The lowest BCUT2D eigenvalue weighted by Crippen LogP contribution is -2.21. The van der Waals surface area contributed by atoms with Crippen molar-refractivity contribution in [1.82, 2.24) is 15.1 Å². The van der Waals surface area contributed by atoms with Gasteiger partial charge in [0.2, 0.25) is 0 Å². The molecular formula is C15H25N3. The van der Waals surface area contributed by atoms with Gasteiger partial charge in [0, 0.05) is 30.3 Å². The lowest BCUT2D eigenvalue weighted by atomic mass is 10.1. The maximum Gasteiger partial charge on any atom is 0.0644 e. The maximum atomic E-state index is 5.24. The molecule has 0 aliphatic carbocycles. The van der Waals surface area contributed by atoms with Crippen molar-refractivity contribution in [3.05, 3.63) is 17.0 Å². The second kappa shape index (κ2) is 7.23. The topological polar surface area (TPSA) is 29.9 Å². The van der Waals surface area contributed by atoms with Gasteiger partial charge in [0.15, 0.2) is 0 Å². The SMILES string of the molecule is C#CCCCCNC(C)c1c(C)nn(CC)c1C. The van der Waals surface area contributed by atoms with Gasteiger partial charge in [-0.1, -0.05) is 0 Å². The van der Waals surface area contributed by atoms with E-state index in [-0.39, 0.29) is 0 Å². The van der Waals surface area contributed by atoms with Crippen molar-refractivity contribution in [3.8, 4) is 12.3 Å². The number of aromatic nitrogens is 2. The molecule has 0 amide bonds. The van der Waals surface area contributed by atoms with Gasteiger partial charge in [-0.3, -0.25) is 4.68 Å². The van der Waals surface area contributed by atoms with Gasteiger partial charge in [0.05, 0.1) is 5.69 Å². The number of unbranched alkanes of at least 4 members (excludes halogenated alkanes) is 2. The molecule has 1 heterocycles. The summed E-state index contributed by atoms with van der Waals surface area (Å²) in [5.74, 6) is 2.68. The molecule has 3 heteroatoms. The second-order valence-corrected chi connectivity index (χ2v) is 4.74. The Morgan fingerprint density at radius 2 is 2.11 bits per heavy atom. The molecule has 0 fully saturated rings. The predicted molar refractivity (Wildman–Crippen MR) is 76.5 cm³/mol. The standard InChI is InChI=1S/C15H25N3/c1-6-8-9-10-11-16-12(3)15-13(4)17-18(7-2)14(15)5/h1,12,16H,7-11H2,2-5H3. The van der Waals surface area contributed by atoms with Crippen molar-refractivity contribution in [1.29, 1.82) is 0 Å². The summed E-state index contributed by atoms with van der Waals surface area (Å²) in [6, 6.07) is 0.358. The molecule has 1 aromatic heterocycles. The number of nitrogens with one attached hydrogen (secondary N) is 1. The van der Waals surface area contributed by atoms with Crippen molar-refractivity contribution < 1.29 is 0 Å². The van der Waals surface area contributed by atoms with E-state index in [0.29, 0.717) is 6.04 Å². The third kappa shape index (κ3) is 3.61. The summed E-state index contributed by atoms with van der Waals surface area (Å²) >= 11 is 0. The first-order chi connectivity index (χ1) is 8.61. The summed E-state index contributed by atoms with van der Waals surface area (Å²) in [5, 5.41) is 8.11. The first-order valence-electron chi connectivity index (χ1n) is 6.82. The molecule has 0 saturated heterocycles. The Morgan fingerprint density at radius 1 is 1.39 bits per heavy atom. The van der Waals surface area contributed by atoms with Crippen LogP contribution in [-0.2, 0) is 6.54 Å². The van der Waals surface area contributed by atoms with E-state index in [1.807, 2.05) is 0 Å². The molecule has 0 aliphatic rings. The fourth-order valence-corrected chi connectivity index (χ4v) is 2.42. The second-order valence-electron chi connectivity index (χ2n) is 4.74. The Kier molecular flexibility index (Phi) is 5.94. The quantitative estimate of drug-likeness (QED) is 0.593. The highest BCUT2D eigenvalue weighted by atomic mass is 15.3.